The molecule has 2 amide bonds. The van der Waals surface area contributed by atoms with Crippen LogP contribution in [0.25, 0.3) is 10.9 Å². The molecule has 2 heterocycles. The lowest BCUT2D eigenvalue weighted by Crippen LogP contribution is -2.49. The average Bonchev–Trinajstić information content (AvgIpc) is 3.76. The first kappa shape index (κ1) is 56.9. The van der Waals surface area contributed by atoms with Gasteiger partial charge >= 0.3 is 0 Å². The highest BCUT2D eigenvalue weighted by atomic mass is 33.1. The van der Waals surface area contributed by atoms with Crippen molar-refractivity contribution < 1.29 is 48.9 Å². The normalized spacial score (nSPS) is 23.3. The fourth-order valence-electron chi connectivity index (χ4n) is 8.94. The molecule has 0 bridgehead atoms. The van der Waals surface area contributed by atoms with Crippen molar-refractivity contribution in [1.82, 2.24) is 15.6 Å². The van der Waals surface area contributed by atoms with Crippen molar-refractivity contribution in [2.24, 2.45) is 41.1 Å². The van der Waals surface area contributed by atoms with Crippen LogP contribution < -0.4 is 22.1 Å². The summed E-state index contributed by atoms with van der Waals surface area (Å²) in [6.45, 7) is 2.68. The van der Waals surface area contributed by atoms with Gasteiger partial charge in [-0.15, -0.1) is 0 Å². The highest BCUT2D eigenvalue weighted by Gasteiger charge is 2.37. The summed E-state index contributed by atoms with van der Waals surface area (Å²) in [7, 11) is 2.40. The van der Waals surface area contributed by atoms with Crippen LogP contribution in [0.4, 0.5) is 0 Å². The number of para-hydroxylation sites is 1. The van der Waals surface area contributed by atoms with Crippen molar-refractivity contribution >= 4 is 73.2 Å². The summed E-state index contributed by atoms with van der Waals surface area (Å²) in [5.74, 6) is -8.52. The molecule has 1 saturated heterocycles. The zero-order valence-corrected chi connectivity index (χ0v) is 42.3. The monoisotopic (exact) mass is 1010 g/mol. The van der Waals surface area contributed by atoms with E-state index >= 15 is 0 Å². The number of nitrogens with one attached hydrogen (secondary N) is 3. The Morgan fingerprint density at radius 2 is 1.35 bits per heavy atom. The SMILES string of the molecule is C[C@@H](O)[C@@H](CO)CC(=O)[C@@H]1CSSC[C@H](CC(=O)[C@H](N)Cc2ccccc2)C(=O)N[C@@H](Cc2ccccc2)C(=O)C[C@H](Cc2c[nH]c3ccccc23)C(=O)N[C@@H](CCCCN)C(=O)C[C@@H]([C@@H](C)O)C(=O)C1. The van der Waals surface area contributed by atoms with Gasteiger partial charge in [0.15, 0.2) is 17.3 Å². The number of aromatic amines is 1. The maximum Gasteiger partial charge on any atom is 0.225 e. The van der Waals surface area contributed by atoms with Crippen LogP contribution in [0, 0.1) is 29.6 Å². The summed E-state index contributed by atoms with van der Waals surface area (Å²) in [6, 6.07) is 22.7. The number of Topliss-reactive ketones (excluding diaryl/α,β-unsaturated/α-hetero) is 5. The molecular formula is C54H71N5O10S2. The number of nitrogens with two attached hydrogens (primary N) is 2. The van der Waals surface area contributed by atoms with Gasteiger partial charge in [0.25, 0.3) is 0 Å². The molecule has 10 atom stereocenters. The van der Waals surface area contributed by atoms with Crippen molar-refractivity contribution in [3.63, 3.8) is 0 Å². The third kappa shape index (κ3) is 17.6. The summed E-state index contributed by atoms with van der Waals surface area (Å²) in [5.41, 5.74) is 15.4. The van der Waals surface area contributed by atoms with Gasteiger partial charge in [-0.25, -0.2) is 0 Å². The first-order valence-corrected chi connectivity index (χ1v) is 27.1. The molecule has 5 rings (SSSR count). The predicted octanol–water partition coefficient (Wildman–Crippen LogP) is 4.65. The number of amides is 2. The molecule has 1 aliphatic heterocycles. The third-order valence-electron chi connectivity index (χ3n) is 13.5. The minimum absolute atomic E-state index is 0.0359. The van der Waals surface area contributed by atoms with Crippen LogP contribution in [0.3, 0.4) is 0 Å². The van der Waals surface area contributed by atoms with Gasteiger partial charge in [-0.05, 0) is 81.7 Å². The largest absolute Gasteiger partial charge is 0.396 e. The molecule has 15 nitrogen and oxygen atoms in total. The molecule has 71 heavy (non-hydrogen) atoms. The maximum atomic E-state index is 14.9. The van der Waals surface area contributed by atoms with E-state index in [9.17, 15) is 48.9 Å². The second-order valence-electron chi connectivity index (χ2n) is 19.0. The number of ketones is 5. The fourth-order valence-corrected chi connectivity index (χ4v) is 11.6. The Morgan fingerprint density at radius 3 is 2.01 bits per heavy atom. The number of aromatic nitrogens is 1. The molecule has 384 valence electrons. The van der Waals surface area contributed by atoms with E-state index in [1.807, 2.05) is 84.9 Å². The van der Waals surface area contributed by atoms with Gasteiger partial charge in [0, 0.05) is 85.1 Å². The van der Waals surface area contributed by atoms with E-state index in [4.69, 9.17) is 11.5 Å². The van der Waals surface area contributed by atoms with Crippen LogP contribution in [0.1, 0.15) is 81.9 Å². The van der Waals surface area contributed by atoms with Gasteiger partial charge in [0.1, 0.15) is 11.6 Å². The summed E-state index contributed by atoms with van der Waals surface area (Å²) >= 11 is 0. The van der Waals surface area contributed by atoms with Gasteiger partial charge in [-0.1, -0.05) is 100 Å². The van der Waals surface area contributed by atoms with Crippen LogP contribution in [0.5, 0.6) is 0 Å². The number of hydrogen-bond acceptors (Lipinski definition) is 14. The van der Waals surface area contributed by atoms with Crippen molar-refractivity contribution in [2.45, 2.75) is 115 Å². The molecule has 0 unspecified atom stereocenters. The van der Waals surface area contributed by atoms with E-state index in [1.165, 1.54) is 35.4 Å². The molecule has 1 aromatic heterocycles. The third-order valence-corrected chi connectivity index (χ3v) is 16.0. The Labute approximate surface area is 424 Å². The summed E-state index contributed by atoms with van der Waals surface area (Å²) < 4.78 is 0. The second-order valence-corrected chi connectivity index (χ2v) is 21.6. The lowest BCUT2D eigenvalue weighted by molar-refractivity contribution is -0.136. The first-order valence-electron chi connectivity index (χ1n) is 24.6. The Hall–Kier alpha value is -5.01. The number of carbonyl (C=O) groups is 7. The van der Waals surface area contributed by atoms with Crippen LogP contribution in [-0.2, 0) is 52.8 Å². The Morgan fingerprint density at radius 1 is 0.732 bits per heavy atom. The molecular weight excluding hydrogens is 943 g/mol. The number of aliphatic hydroxyl groups excluding tert-OH is 3. The van der Waals surface area contributed by atoms with Crippen molar-refractivity contribution in [3.8, 4) is 0 Å². The second kappa shape index (κ2) is 28.9. The standard InChI is InChI=1S/C54H71N5O10S2/c1-33(61)39(30-60)25-48(63)40-26-49(64)43(34(2)62)28-52(67)46(19-11-12-20-55)58-53(68)37(23-38-29-57-45-18-10-9-17-42(38)45)24-51(66)47(22-36-15-7-4-8-16-36)59-54(69)41(32-71-70-31-40)27-50(65)44(56)21-35-13-5-3-6-14-35/h3-10,13-18,29,33-34,37,39-41,43-44,46-47,57,60-62H,11-12,19-28,30-32,55-56H2,1-2H3,(H,58,68)(H,59,69)/t33-,34-,37+,39-,40+,41+,43+,44-,46+,47+/m1/s1. The smallest absolute Gasteiger partial charge is 0.225 e. The number of carbonyl (C=O) groups excluding carboxylic acids is 7. The first-order chi connectivity index (χ1) is 34.1. The quantitative estimate of drug-likeness (QED) is 0.0470. The van der Waals surface area contributed by atoms with Gasteiger partial charge in [-0.2, -0.15) is 0 Å². The minimum Gasteiger partial charge on any atom is -0.396 e. The molecule has 0 saturated carbocycles. The van der Waals surface area contributed by atoms with Crippen LogP contribution in [0.15, 0.2) is 91.1 Å². The lowest BCUT2D eigenvalue weighted by Gasteiger charge is -2.27. The van der Waals surface area contributed by atoms with Crippen LogP contribution in [-0.4, -0.2) is 116 Å². The molecule has 4 aromatic rings. The van der Waals surface area contributed by atoms with E-state index in [1.54, 1.807) is 6.20 Å². The van der Waals surface area contributed by atoms with Crippen LogP contribution in [0.2, 0.25) is 0 Å². The number of hydrogen-bond donors (Lipinski definition) is 8. The van der Waals surface area contributed by atoms with Gasteiger partial charge in [0.2, 0.25) is 11.8 Å². The van der Waals surface area contributed by atoms with Gasteiger partial charge < -0.3 is 42.4 Å². The number of unbranched alkanes of at least 4 members (excludes halogenated alkanes) is 1. The molecule has 0 aliphatic carbocycles. The zero-order chi connectivity index (χ0) is 51.5. The Balaban J connectivity index is 1.56. The molecule has 0 spiro atoms. The highest BCUT2D eigenvalue weighted by molar-refractivity contribution is 8.76. The fraction of sp³-hybridized carbons (Fsp3) is 0.500. The predicted molar refractivity (Wildman–Crippen MR) is 278 cm³/mol. The number of fused-ring (bicyclic) bond motifs is 1. The molecule has 3 aromatic carbocycles. The Kier molecular flexibility index (Phi) is 23.1. The number of H-pyrrole nitrogens is 1. The molecule has 1 fully saturated rings. The maximum absolute atomic E-state index is 14.9. The number of aliphatic hydroxyl groups is 3. The highest BCUT2D eigenvalue weighted by Crippen LogP contribution is 2.32. The molecule has 0 radical (unpaired) electrons. The summed E-state index contributed by atoms with van der Waals surface area (Å²) in [5, 5.41) is 38.1. The van der Waals surface area contributed by atoms with Crippen molar-refractivity contribution in [1.29, 1.82) is 0 Å². The van der Waals surface area contributed by atoms with E-state index in [-0.39, 0.29) is 68.7 Å². The summed E-state index contributed by atoms with van der Waals surface area (Å²) in [4.78, 5) is 104. The summed E-state index contributed by atoms with van der Waals surface area (Å²) in [6.07, 6.45) is -0.721. The topological polar surface area (TPSA) is 272 Å². The van der Waals surface area contributed by atoms with Crippen LogP contribution >= 0.6 is 21.6 Å². The average molecular weight is 1010 g/mol. The van der Waals surface area contributed by atoms with Gasteiger partial charge in [-0.3, -0.25) is 33.6 Å². The number of rotatable bonds is 19. The van der Waals surface area contributed by atoms with E-state index in [2.05, 4.69) is 15.6 Å². The van der Waals surface area contributed by atoms with Crippen molar-refractivity contribution in [3.05, 3.63) is 108 Å². The Bertz CT molecular complexity index is 2380. The minimum atomic E-state index is -1.32. The van der Waals surface area contributed by atoms with Crippen molar-refractivity contribution in [2.75, 3.05) is 24.7 Å². The van der Waals surface area contributed by atoms with E-state index in [0.717, 1.165) is 27.6 Å². The zero-order valence-electron chi connectivity index (χ0n) is 40.7. The lowest BCUT2D eigenvalue weighted by atomic mass is 9.83. The van der Waals surface area contributed by atoms with E-state index in [0.29, 0.717) is 19.4 Å². The molecule has 17 heteroatoms. The number of benzene rings is 3. The van der Waals surface area contributed by atoms with Gasteiger partial charge in [0.05, 0.1) is 42.2 Å². The molecule has 10 N–H and O–H groups in total. The van der Waals surface area contributed by atoms with E-state index < -0.39 is 108 Å². The molecule has 1 aliphatic rings.